The Hall–Kier alpha value is -4.24. The van der Waals surface area contributed by atoms with Crippen LogP contribution >= 0.6 is 11.6 Å². The molecule has 1 atom stereocenters. The number of imidazole rings is 1. The molecule has 4 aromatic rings. The lowest BCUT2D eigenvalue weighted by Crippen LogP contribution is -2.39. The molecule has 0 radical (unpaired) electrons. The highest BCUT2D eigenvalue weighted by atomic mass is 35.5. The minimum atomic E-state index is -0.953. The Morgan fingerprint density at radius 3 is 2.71 bits per heavy atom. The number of carbonyl (C=O) groups is 1. The van der Waals surface area contributed by atoms with E-state index in [1.54, 1.807) is 48.7 Å². The van der Waals surface area contributed by atoms with E-state index in [0.29, 0.717) is 41.1 Å². The smallest absolute Gasteiger partial charge is 0.335 e. The van der Waals surface area contributed by atoms with Crippen LogP contribution in [0.1, 0.15) is 46.8 Å². The Balaban J connectivity index is 1.06. The molecule has 2 aromatic carbocycles. The summed E-state index contributed by atoms with van der Waals surface area (Å²) in [5, 5.41) is 19.3. The summed E-state index contributed by atoms with van der Waals surface area (Å²) in [5.41, 5.74) is 2.20. The average molecular weight is 589 g/mol. The molecule has 2 fully saturated rings. The molecule has 0 aliphatic carbocycles. The van der Waals surface area contributed by atoms with Crippen LogP contribution in [0.3, 0.4) is 0 Å². The van der Waals surface area contributed by atoms with E-state index in [2.05, 4.69) is 25.5 Å². The van der Waals surface area contributed by atoms with Gasteiger partial charge in [0.2, 0.25) is 5.88 Å². The Morgan fingerprint density at radius 2 is 1.98 bits per heavy atom. The lowest BCUT2D eigenvalue weighted by molar-refractivity contribution is -0.0592. The van der Waals surface area contributed by atoms with Crippen molar-refractivity contribution in [1.82, 2.24) is 24.4 Å². The fourth-order valence-corrected chi connectivity index (χ4v) is 5.36. The van der Waals surface area contributed by atoms with Gasteiger partial charge in [0.05, 0.1) is 41.4 Å². The van der Waals surface area contributed by atoms with Crippen LogP contribution in [0.15, 0.2) is 48.7 Å². The lowest BCUT2D eigenvalue weighted by Gasteiger charge is -2.32. The minimum Gasteiger partial charge on any atom is -0.484 e. The normalized spacial score (nSPS) is 17.5. The first-order chi connectivity index (χ1) is 20.4. The number of benzene rings is 2. The van der Waals surface area contributed by atoms with E-state index in [0.717, 1.165) is 55.8 Å². The van der Waals surface area contributed by atoms with Crippen molar-refractivity contribution in [2.45, 2.75) is 51.2 Å². The van der Waals surface area contributed by atoms with Gasteiger partial charge in [0.15, 0.2) is 5.82 Å². The van der Waals surface area contributed by atoms with Crippen LogP contribution in [-0.4, -0.2) is 67.4 Å². The van der Waals surface area contributed by atoms with Crippen molar-refractivity contribution in [3.8, 4) is 17.7 Å². The zero-order valence-electron chi connectivity index (χ0n) is 22.8. The summed E-state index contributed by atoms with van der Waals surface area (Å²) in [5.74, 6) is 1.30. The molecule has 216 valence electrons. The first-order valence-corrected chi connectivity index (χ1v) is 14.2. The monoisotopic (exact) mass is 588 g/mol. The van der Waals surface area contributed by atoms with E-state index in [4.69, 9.17) is 30.8 Å². The topological polar surface area (TPSA) is 136 Å². The molecule has 12 heteroatoms. The number of fused-ring (bicyclic) bond motifs is 1. The van der Waals surface area contributed by atoms with E-state index in [1.807, 2.05) is 0 Å². The van der Waals surface area contributed by atoms with Gasteiger partial charge in [0.25, 0.3) is 0 Å². The van der Waals surface area contributed by atoms with Gasteiger partial charge in [-0.2, -0.15) is 10.2 Å². The van der Waals surface area contributed by atoms with Crippen molar-refractivity contribution in [1.29, 1.82) is 5.26 Å². The number of halogens is 1. The summed E-state index contributed by atoms with van der Waals surface area (Å²) in [4.78, 5) is 27.5. The van der Waals surface area contributed by atoms with Gasteiger partial charge < -0.3 is 23.9 Å². The standard InChI is InChI=1S/C30H29ClN6O5/c31-21-2-4-26(20(13-21)15-32)41-18-27-33-9-5-29(35-27)42-22-6-10-36(11-7-22)17-28-34-24-3-1-19(30(38)39)14-25(24)37(28)16-23-8-12-40-23/h1-5,9,13-14,22-23H,6-8,10-12,16-18H2,(H,38,39)/t23-/m0/s1. The summed E-state index contributed by atoms with van der Waals surface area (Å²) in [6.45, 7) is 3.80. The van der Waals surface area contributed by atoms with E-state index in [1.165, 1.54) is 0 Å². The summed E-state index contributed by atoms with van der Waals surface area (Å²) in [6, 6.07) is 13.8. The highest BCUT2D eigenvalue weighted by Gasteiger charge is 2.26. The number of carboxylic acids is 1. The second-order valence-corrected chi connectivity index (χ2v) is 10.8. The lowest BCUT2D eigenvalue weighted by atomic mass is 10.1. The largest absolute Gasteiger partial charge is 0.484 e. The predicted octanol–water partition coefficient (Wildman–Crippen LogP) is 4.46. The molecule has 0 spiro atoms. The van der Waals surface area contributed by atoms with Gasteiger partial charge in [-0.25, -0.2) is 14.8 Å². The number of nitrogens with zero attached hydrogens (tertiary/aromatic N) is 6. The molecule has 2 aliphatic rings. The number of nitriles is 1. The quantitative estimate of drug-likeness (QED) is 0.283. The van der Waals surface area contributed by atoms with Crippen LogP contribution in [0.25, 0.3) is 11.0 Å². The zero-order chi connectivity index (χ0) is 29.1. The van der Waals surface area contributed by atoms with Crippen molar-refractivity contribution in [3.63, 3.8) is 0 Å². The Morgan fingerprint density at radius 1 is 1.14 bits per heavy atom. The fraction of sp³-hybridized carbons (Fsp3) is 0.367. The number of hydrogen-bond acceptors (Lipinski definition) is 9. The van der Waals surface area contributed by atoms with Crippen LogP contribution < -0.4 is 9.47 Å². The number of hydrogen-bond donors (Lipinski definition) is 1. The summed E-state index contributed by atoms with van der Waals surface area (Å²) < 4.78 is 19.7. The molecule has 2 aromatic heterocycles. The highest BCUT2D eigenvalue weighted by Crippen LogP contribution is 2.26. The molecule has 4 heterocycles. The third-order valence-corrected chi connectivity index (χ3v) is 7.77. The Kier molecular flexibility index (Phi) is 8.19. The third-order valence-electron chi connectivity index (χ3n) is 7.54. The van der Waals surface area contributed by atoms with Crippen molar-refractivity contribution >= 4 is 28.6 Å². The number of piperidine rings is 1. The third kappa shape index (κ3) is 6.31. The minimum absolute atomic E-state index is 0.00620. The van der Waals surface area contributed by atoms with Gasteiger partial charge in [-0.05, 0) is 55.7 Å². The van der Waals surface area contributed by atoms with Crippen LogP contribution in [-0.2, 0) is 24.4 Å². The first kappa shape index (κ1) is 27.9. The summed E-state index contributed by atoms with van der Waals surface area (Å²) >= 11 is 5.96. The number of likely N-dealkylation sites (tertiary alicyclic amines) is 1. The van der Waals surface area contributed by atoms with Gasteiger partial charge in [-0.3, -0.25) is 4.90 Å². The second-order valence-electron chi connectivity index (χ2n) is 10.4. The van der Waals surface area contributed by atoms with Crippen LogP contribution in [0, 0.1) is 11.3 Å². The maximum atomic E-state index is 11.6. The predicted molar refractivity (Wildman–Crippen MR) is 153 cm³/mol. The molecule has 1 N–H and O–H groups in total. The van der Waals surface area contributed by atoms with E-state index in [-0.39, 0.29) is 24.4 Å². The highest BCUT2D eigenvalue weighted by molar-refractivity contribution is 6.30. The van der Waals surface area contributed by atoms with E-state index < -0.39 is 5.97 Å². The molecule has 11 nitrogen and oxygen atoms in total. The fourth-order valence-electron chi connectivity index (χ4n) is 5.19. The van der Waals surface area contributed by atoms with Crippen LogP contribution in [0.4, 0.5) is 0 Å². The maximum absolute atomic E-state index is 11.6. The van der Waals surface area contributed by atoms with Crippen molar-refractivity contribution in [2.75, 3.05) is 19.7 Å². The molecular weight excluding hydrogens is 560 g/mol. The maximum Gasteiger partial charge on any atom is 0.335 e. The number of aromatic nitrogens is 4. The number of aromatic carboxylic acids is 1. The molecule has 42 heavy (non-hydrogen) atoms. The van der Waals surface area contributed by atoms with E-state index in [9.17, 15) is 15.2 Å². The first-order valence-electron chi connectivity index (χ1n) is 13.8. The Bertz CT molecular complexity index is 1640. The van der Waals surface area contributed by atoms with Crippen molar-refractivity contribution in [3.05, 3.63) is 76.5 Å². The zero-order valence-corrected chi connectivity index (χ0v) is 23.5. The average Bonchev–Trinajstić information content (AvgIpc) is 3.31. The van der Waals surface area contributed by atoms with E-state index >= 15 is 0 Å². The van der Waals surface area contributed by atoms with Crippen molar-refractivity contribution in [2.24, 2.45) is 0 Å². The molecule has 2 saturated heterocycles. The van der Waals surface area contributed by atoms with Crippen LogP contribution in [0.2, 0.25) is 5.02 Å². The van der Waals surface area contributed by atoms with Crippen molar-refractivity contribution < 1.29 is 24.1 Å². The molecule has 0 bridgehead atoms. The number of rotatable bonds is 10. The number of ether oxygens (including phenoxy) is 3. The molecular formula is C30H29ClN6O5. The molecule has 0 unspecified atom stereocenters. The van der Waals surface area contributed by atoms with Gasteiger partial charge in [-0.15, -0.1) is 0 Å². The summed E-state index contributed by atoms with van der Waals surface area (Å²) in [6.07, 6.45) is 4.39. The molecule has 0 amide bonds. The van der Waals surface area contributed by atoms with Gasteiger partial charge in [0, 0.05) is 37.0 Å². The molecule has 0 saturated carbocycles. The van der Waals surface area contributed by atoms with Crippen LogP contribution in [0.5, 0.6) is 11.6 Å². The van der Waals surface area contributed by atoms with Gasteiger partial charge in [0.1, 0.15) is 30.4 Å². The number of carboxylic acid groups (broad SMARTS) is 1. The second kappa shape index (κ2) is 12.3. The SMILES string of the molecule is N#Cc1cc(Cl)ccc1OCc1nccc(OC2CCN(Cc3nc4ccc(C(=O)O)cc4n3C[C@@H]3CCO3)CC2)n1. The Labute approximate surface area is 247 Å². The van der Waals surface area contributed by atoms with Gasteiger partial charge in [-0.1, -0.05) is 11.6 Å². The van der Waals surface area contributed by atoms with Gasteiger partial charge >= 0.3 is 5.97 Å². The molecule has 2 aliphatic heterocycles. The molecule has 6 rings (SSSR count). The summed E-state index contributed by atoms with van der Waals surface area (Å²) in [7, 11) is 0.